The number of esters is 1. The lowest BCUT2D eigenvalue weighted by atomic mass is 10.0. The number of phosphoric ester groups is 1. The number of unbranched alkanes of at least 4 members (excludes halogenated alkanes) is 28. The third-order valence-electron chi connectivity index (χ3n) is 11.3. The number of hydrogen-bond donors (Lipinski definition) is 3. The number of carbonyl (C=O) groups excluding carboxylic acids is 1. The lowest BCUT2D eigenvalue weighted by molar-refractivity contribution is -0.154. The number of ether oxygens (including phenoxy) is 2. The molecule has 0 saturated carbocycles. The molecule has 63 heavy (non-hydrogen) atoms. The Morgan fingerprint density at radius 2 is 0.905 bits per heavy atom. The fourth-order valence-corrected chi connectivity index (χ4v) is 8.14. The summed E-state index contributed by atoms with van der Waals surface area (Å²) in [5.74, 6) is -0.393. The summed E-state index contributed by atoms with van der Waals surface area (Å²) in [6, 6.07) is 0. The summed E-state index contributed by atoms with van der Waals surface area (Å²) in [6.45, 7) is 3.43. The molecule has 0 bridgehead atoms. The summed E-state index contributed by atoms with van der Waals surface area (Å²) in [7, 11) is -4.53. The van der Waals surface area contributed by atoms with Gasteiger partial charge in [0.1, 0.15) is 12.2 Å². The van der Waals surface area contributed by atoms with Crippen LogP contribution in [0.2, 0.25) is 0 Å². The van der Waals surface area contributed by atoms with Gasteiger partial charge in [0.2, 0.25) is 0 Å². The summed E-state index contributed by atoms with van der Waals surface area (Å²) in [5.41, 5.74) is 0. The minimum Gasteiger partial charge on any atom is -0.457 e. The highest BCUT2D eigenvalue weighted by molar-refractivity contribution is 7.47. The zero-order valence-electron chi connectivity index (χ0n) is 40.8. The highest BCUT2D eigenvalue weighted by Crippen LogP contribution is 2.43. The van der Waals surface area contributed by atoms with Crippen LogP contribution in [0.1, 0.15) is 239 Å². The van der Waals surface area contributed by atoms with Crippen LogP contribution in [0.25, 0.3) is 0 Å². The molecule has 0 amide bonds. The third kappa shape index (κ3) is 49.7. The highest BCUT2D eigenvalue weighted by Gasteiger charge is 2.26. The molecule has 0 saturated heterocycles. The standard InChI is InChI=1S/C53H99O9P/c1-3-5-7-9-11-13-15-17-19-21-23-24-25-26-28-30-32-34-36-38-40-42-44-46-59-49-52(50-61-63(57,58)60-48-51(55)47-54)62-53(56)45-43-41-39-37-35-33-31-29-27-22-20-18-16-14-12-10-8-6-4-2/h6,8,12,14,18,20,27,29,51-52,54-55H,3-5,7,9-11,13,15-17,19,21-26,28,30-50H2,1-2H3,(H,57,58)/b8-6-,14-12-,20-18-,29-27-. The first kappa shape index (κ1) is 61.4. The molecule has 0 aromatic carbocycles. The number of aliphatic hydroxyl groups is 2. The molecule has 0 aliphatic rings. The maximum absolute atomic E-state index is 12.7. The molecule has 0 fully saturated rings. The van der Waals surface area contributed by atoms with E-state index in [0.717, 1.165) is 77.0 Å². The quantitative estimate of drug-likeness (QED) is 0.0236. The van der Waals surface area contributed by atoms with Crippen LogP contribution in [-0.2, 0) is 27.9 Å². The van der Waals surface area contributed by atoms with Gasteiger partial charge in [0.15, 0.2) is 0 Å². The minimum atomic E-state index is -4.53. The Morgan fingerprint density at radius 1 is 0.508 bits per heavy atom. The van der Waals surface area contributed by atoms with Crippen LogP contribution in [-0.4, -0.2) is 66.3 Å². The molecule has 0 aromatic heterocycles. The molecule has 0 aliphatic carbocycles. The molecule has 3 unspecified atom stereocenters. The topological polar surface area (TPSA) is 132 Å². The van der Waals surface area contributed by atoms with Crippen molar-refractivity contribution in [3.63, 3.8) is 0 Å². The molecule has 370 valence electrons. The van der Waals surface area contributed by atoms with Gasteiger partial charge in [-0.15, -0.1) is 0 Å². The summed E-state index contributed by atoms with van der Waals surface area (Å²) in [6.07, 6.45) is 58.0. The van der Waals surface area contributed by atoms with E-state index in [2.05, 4.69) is 62.5 Å². The largest absolute Gasteiger partial charge is 0.472 e. The summed E-state index contributed by atoms with van der Waals surface area (Å²) >= 11 is 0. The maximum atomic E-state index is 12.7. The molecule has 0 aromatic rings. The zero-order chi connectivity index (χ0) is 46.0. The second kappa shape index (κ2) is 49.8. The average Bonchev–Trinajstić information content (AvgIpc) is 3.28. The van der Waals surface area contributed by atoms with Crippen LogP contribution < -0.4 is 0 Å². The summed E-state index contributed by atoms with van der Waals surface area (Å²) < 4.78 is 33.5. The lowest BCUT2D eigenvalue weighted by Gasteiger charge is -2.20. The highest BCUT2D eigenvalue weighted by atomic mass is 31.2. The number of carbonyl (C=O) groups is 1. The fourth-order valence-electron chi connectivity index (χ4n) is 7.35. The van der Waals surface area contributed by atoms with Gasteiger partial charge in [0, 0.05) is 13.0 Å². The number of allylic oxidation sites excluding steroid dienone is 8. The molecule has 0 rings (SSSR count). The van der Waals surface area contributed by atoms with Crippen LogP contribution in [0.4, 0.5) is 0 Å². The van der Waals surface area contributed by atoms with Crippen molar-refractivity contribution in [2.75, 3.05) is 33.0 Å². The van der Waals surface area contributed by atoms with E-state index in [0.29, 0.717) is 13.0 Å². The Hall–Kier alpha value is -1.58. The van der Waals surface area contributed by atoms with Crippen LogP contribution in [0.15, 0.2) is 48.6 Å². The molecular formula is C53H99O9P. The van der Waals surface area contributed by atoms with Gasteiger partial charge in [0.05, 0.1) is 26.4 Å². The second-order valence-corrected chi connectivity index (χ2v) is 19.0. The fraction of sp³-hybridized carbons (Fsp3) is 0.830. The van der Waals surface area contributed by atoms with Crippen molar-refractivity contribution in [2.45, 2.75) is 251 Å². The van der Waals surface area contributed by atoms with E-state index in [1.807, 2.05) is 0 Å². The molecule has 3 atom stereocenters. The van der Waals surface area contributed by atoms with Crippen molar-refractivity contribution in [3.8, 4) is 0 Å². The Labute approximate surface area is 388 Å². The zero-order valence-corrected chi connectivity index (χ0v) is 41.7. The van der Waals surface area contributed by atoms with Crippen molar-refractivity contribution in [1.82, 2.24) is 0 Å². The van der Waals surface area contributed by atoms with Crippen LogP contribution in [0.3, 0.4) is 0 Å². The van der Waals surface area contributed by atoms with E-state index in [4.69, 9.17) is 23.6 Å². The number of hydrogen-bond acceptors (Lipinski definition) is 8. The van der Waals surface area contributed by atoms with Crippen LogP contribution in [0, 0.1) is 0 Å². The number of phosphoric acid groups is 1. The van der Waals surface area contributed by atoms with Crippen molar-refractivity contribution in [2.24, 2.45) is 0 Å². The van der Waals surface area contributed by atoms with E-state index < -0.39 is 39.2 Å². The van der Waals surface area contributed by atoms with Gasteiger partial charge in [0.25, 0.3) is 0 Å². The first-order valence-electron chi connectivity index (χ1n) is 26.1. The average molecular weight is 911 g/mol. The van der Waals surface area contributed by atoms with Crippen molar-refractivity contribution < 1.29 is 43.0 Å². The molecule has 3 N–H and O–H groups in total. The Morgan fingerprint density at radius 3 is 1.37 bits per heavy atom. The minimum absolute atomic E-state index is 0.0452. The number of aliphatic hydroxyl groups excluding tert-OH is 2. The lowest BCUT2D eigenvalue weighted by Crippen LogP contribution is -2.29. The van der Waals surface area contributed by atoms with E-state index in [9.17, 15) is 19.4 Å². The Balaban J connectivity index is 4.05. The van der Waals surface area contributed by atoms with Crippen LogP contribution in [0.5, 0.6) is 0 Å². The number of rotatable bonds is 50. The van der Waals surface area contributed by atoms with Gasteiger partial charge < -0.3 is 24.6 Å². The first-order valence-corrected chi connectivity index (χ1v) is 27.6. The van der Waals surface area contributed by atoms with Crippen molar-refractivity contribution >= 4 is 13.8 Å². The van der Waals surface area contributed by atoms with Gasteiger partial charge in [-0.1, -0.05) is 229 Å². The monoisotopic (exact) mass is 911 g/mol. The van der Waals surface area contributed by atoms with Gasteiger partial charge in [-0.25, -0.2) is 4.57 Å². The summed E-state index contributed by atoms with van der Waals surface area (Å²) in [4.78, 5) is 22.7. The molecule has 0 spiro atoms. The van der Waals surface area contributed by atoms with Gasteiger partial charge in [-0.05, 0) is 51.4 Å². The van der Waals surface area contributed by atoms with Gasteiger partial charge >= 0.3 is 13.8 Å². The molecule has 9 nitrogen and oxygen atoms in total. The third-order valence-corrected chi connectivity index (χ3v) is 12.2. The Kier molecular flexibility index (Phi) is 48.6. The van der Waals surface area contributed by atoms with Crippen molar-refractivity contribution in [3.05, 3.63) is 48.6 Å². The van der Waals surface area contributed by atoms with E-state index in [1.54, 1.807) is 0 Å². The molecule has 0 radical (unpaired) electrons. The van der Waals surface area contributed by atoms with Gasteiger partial charge in [-0.3, -0.25) is 13.8 Å². The second-order valence-electron chi connectivity index (χ2n) is 17.5. The summed E-state index contributed by atoms with van der Waals surface area (Å²) in [5, 5.41) is 18.4. The van der Waals surface area contributed by atoms with Crippen LogP contribution >= 0.6 is 7.82 Å². The maximum Gasteiger partial charge on any atom is 0.472 e. The van der Waals surface area contributed by atoms with E-state index in [-0.39, 0.29) is 19.6 Å². The molecule has 0 heterocycles. The predicted molar refractivity (Wildman–Crippen MR) is 265 cm³/mol. The molecular weight excluding hydrogens is 812 g/mol. The van der Waals surface area contributed by atoms with Crippen molar-refractivity contribution in [1.29, 1.82) is 0 Å². The normalized spacial score (nSPS) is 14.2. The first-order chi connectivity index (χ1) is 30.8. The van der Waals surface area contributed by atoms with E-state index >= 15 is 0 Å². The van der Waals surface area contributed by atoms with Gasteiger partial charge in [-0.2, -0.15) is 0 Å². The Bertz CT molecular complexity index is 1120. The smallest absolute Gasteiger partial charge is 0.457 e. The SMILES string of the molecule is CC/C=C\C/C=C\C/C=C\C/C=C\CCCCCCCCC(=O)OC(COCCCCCCCCCCCCCCCCCCCCCCCCC)COP(=O)(O)OCC(O)CO. The van der Waals surface area contributed by atoms with E-state index in [1.165, 1.54) is 135 Å². The predicted octanol–water partition coefficient (Wildman–Crippen LogP) is 15.3. The molecule has 0 aliphatic heterocycles. The molecule has 10 heteroatoms.